The highest BCUT2D eigenvalue weighted by atomic mass is 15.1. The van der Waals surface area contributed by atoms with Gasteiger partial charge in [-0.25, -0.2) is 0 Å². The minimum atomic E-state index is 0.965. The number of rotatable bonds is 3. The first-order chi connectivity index (χ1) is 7.92. The van der Waals surface area contributed by atoms with E-state index in [-0.39, 0.29) is 0 Å². The lowest BCUT2D eigenvalue weighted by Gasteiger charge is -2.25. The van der Waals surface area contributed by atoms with E-state index in [9.17, 15) is 0 Å². The van der Waals surface area contributed by atoms with Crippen molar-refractivity contribution in [3.8, 4) is 0 Å². The summed E-state index contributed by atoms with van der Waals surface area (Å²) in [5.74, 6) is 0. The van der Waals surface area contributed by atoms with Crippen molar-refractivity contribution in [2.75, 3.05) is 25.0 Å². The van der Waals surface area contributed by atoms with Crippen molar-refractivity contribution in [3.63, 3.8) is 0 Å². The lowest BCUT2D eigenvalue weighted by Crippen LogP contribution is -2.25. The molecule has 1 saturated heterocycles. The molecule has 2 nitrogen and oxygen atoms in total. The number of para-hydroxylation sites is 1. The van der Waals surface area contributed by atoms with E-state index < -0.39 is 0 Å². The second-order valence-corrected chi connectivity index (χ2v) is 4.56. The molecule has 0 bridgehead atoms. The SMILES string of the molecule is CNCc1ccccc1N1CCCCCC1. The molecule has 1 aromatic carbocycles. The Balaban J connectivity index is 2.16. The summed E-state index contributed by atoms with van der Waals surface area (Å²) < 4.78 is 0. The van der Waals surface area contributed by atoms with Crippen molar-refractivity contribution in [3.05, 3.63) is 29.8 Å². The highest BCUT2D eigenvalue weighted by Crippen LogP contribution is 2.23. The number of nitrogens with one attached hydrogen (secondary N) is 1. The van der Waals surface area contributed by atoms with Gasteiger partial charge in [-0.05, 0) is 31.5 Å². The molecule has 88 valence electrons. The van der Waals surface area contributed by atoms with E-state index >= 15 is 0 Å². The topological polar surface area (TPSA) is 15.3 Å². The second-order valence-electron chi connectivity index (χ2n) is 4.56. The van der Waals surface area contributed by atoms with Gasteiger partial charge in [0.2, 0.25) is 0 Å². The molecule has 1 N–H and O–H groups in total. The molecule has 1 heterocycles. The van der Waals surface area contributed by atoms with Crippen LogP contribution in [0.1, 0.15) is 31.2 Å². The maximum absolute atomic E-state index is 3.25. The number of benzene rings is 1. The molecule has 1 aliphatic heterocycles. The Bertz CT molecular complexity index is 314. The monoisotopic (exact) mass is 218 g/mol. The first kappa shape index (κ1) is 11.5. The molecule has 0 spiro atoms. The summed E-state index contributed by atoms with van der Waals surface area (Å²) in [5, 5.41) is 3.25. The standard InChI is InChI=1S/C14H22N2/c1-15-12-13-8-4-5-9-14(13)16-10-6-2-3-7-11-16/h4-5,8-9,15H,2-3,6-7,10-12H2,1H3. The lowest BCUT2D eigenvalue weighted by atomic mass is 10.1. The maximum atomic E-state index is 3.25. The zero-order chi connectivity index (χ0) is 11.2. The summed E-state index contributed by atoms with van der Waals surface area (Å²) in [6, 6.07) is 8.78. The van der Waals surface area contributed by atoms with E-state index in [0.29, 0.717) is 0 Å². The summed E-state index contributed by atoms with van der Waals surface area (Å²) in [7, 11) is 2.01. The molecule has 0 aromatic heterocycles. The van der Waals surface area contributed by atoms with E-state index in [2.05, 4.69) is 34.5 Å². The molecular formula is C14H22N2. The van der Waals surface area contributed by atoms with Crippen LogP contribution in [0.3, 0.4) is 0 Å². The van der Waals surface area contributed by atoms with Crippen molar-refractivity contribution in [2.24, 2.45) is 0 Å². The van der Waals surface area contributed by atoms with Crippen LogP contribution in [0.25, 0.3) is 0 Å². The van der Waals surface area contributed by atoms with Crippen molar-refractivity contribution in [1.82, 2.24) is 5.32 Å². The van der Waals surface area contributed by atoms with Crippen molar-refractivity contribution in [2.45, 2.75) is 32.2 Å². The Morgan fingerprint density at radius 1 is 1.06 bits per heavy atom. The van der Waals surface area contributed by atoms with Crippen LogP contribution in [0.4, 0.5) is 5.69 Å². The fraction of sp³-hybridized carbons (Fsp3) is 0.571. The van der Waals surface area contributed by atoms with Crippen molar-refractivity contribution in [1.29, 1.82) is 0 Å². The molecule has 2 rings (SSSR count). The van der Waals surface area contributed by atoms with Crippen molar-refractivity contribution >= 4 is 5.69 Å². The Hall–Kier alpha value is -1.02. The molecule has 0 unspecified atom stereocenters. The molecule has 1 aromatic rings. The van der Waals surface area contributed by atoms with Crippen LogP contribution >= 0.6 is 0 Å². The summed E-state index contributed by atoms with van der Waals surface area (Å²) in [6.07, 6.45) is 5.47. The van der Waals surface area contributed by atoms with Gasteiger partial charge in [-0.1, -0.05) is 31.0 Å². The van der Waals surface area contributed by atoms with Gasteiger partial charge in [0.1, 0.15) is 0 Å². The molecular weight excluding hydrogens is 196 g/mol. The molecule has 0 aliphatic carbocycles. The van der Waals surface area contributed by atoms with Gasteiger partial charge in [0.15, 0.2) is 0 Å². The molecule has 1 fully saturated rings. The zero-order valence-corrected chi connectivity index (χ0v) is 10.2. The van der Waals surface area contributed by atoms with Gasteiger partial charge in [0.05, 0.1) is 0 Å². The average molecular weight is 218 g/mol. The quantitative estimate of drug-likeness (QED) is 0.839. The van der Waals surface area contributed by atoms with E-state index in [0.717, 1.165) is 6.54 Å². The first-order valence-corrected chi connectivity index (χ1v) is 6.39. The van der Waals surface area contributed by atoms with Crippen LogP contribution in [-0.2, 0) is 6.54 Å². The molecule has 1 aliphatic rings. The van der Waals surface area contributed by atoms with E-state index in [1.165, 1.54) is 50.0 Å². The third kappa shape index (κ3) is 2.76. The lowest BCUT2D eigenvalue weighted by molar-refractivity contribution is 0.726. The van der Waals surface area contributed by atoms with Crippen molar-refractivity contribution < 1.29 is 0 Å². The van der Waals surface area contributed by atoms with Crippen LogP contribution in [0.2, 0.25) is 0 Å². The predicted molar refractivity (Wildman–Crippen MR) is 69.9 cm³/mol. The summed E-state index contributed by atoms with van der Waals surface area (Å²) in [5.41, 5.74) is 2.85. The highest BCUT2D eigenvalue weighted by molar-refractivity contribution is 5.53. The second kappa shape index (κ2) is 5.90. The van der Waals surface area contributed by atoms with Crippen LogP contribution in [0, 0.1) is 0 Å². The molecule has 0 saturated carbocycles. The molecule has 16 heavy (non-hydrogen) atoms. The largest absolute Gasteiger partial charge is 0.371 e. The third-order valence-electron chi connectivity index (χ3n) is 3.31. The summed E-state index contributed by atoms with van der Waals surface area (Å²) >= 11 is 0. The zero-order valence-electron chi connectivity index (χ0n) is 10.2. The van der Waals surface area contributed by atoms with Crippen LogP contribution < -0.4 is 10.2 Å². The van der Waals surface area contributed by atoms with Crippen LogP contribution in [-0.4, -0.2) is 20.1 Å². The minimum Gasteiger partial charge on any atom is -0.371 e. The Kier molecular flexibility index (Phi) is 4.23. The van der Waals surface area contributed by atoms with Gasteiger partial charge in [-0.2, -0.15) is 0 Å². The van der Waals surface area contributed by atoms with Gasteiger partial charge < -0.3 is 10.2 Å². The summed E-state index contributed by atoms with van der Waals surface area (Å²) in [4.78, 5) is 2.56. The normalized spacial score (nSPS) is 17.2. The maximum Gasteiger partial charge on any atom is 0.0411 e. The van der Waals surface area contributed by atoms with Gasteiger partial charge in [-0.15, -0.1) is 0 Å². The average Bonchev–Trinajstić information content (AvgIpc) is 2.59. The molecule has 0 atom stereocenters. The highest BCUT2D eigenvalue weighted by Gasteiger charge is 2.12. The summed E-state index contributed by atoms with van der Waals surface area (Å²) in [6.45, 7) is 3.41. The van der Waals surface area contributed by atoms with Crippen LogP contribution in [0.15, 0.2) is 24.3 Å². The van der Waals surface area contributed by atoms with Gasteiger partial charge in [0, 0.05) is 25.3 Å². The number of anilines is 1. The fourth-order valence-electron chi connectivity index (χ4n) is 2.47. The van der Waals surface area contributed by atoms with E-state index in [4.69, 9.17) is 0 Å². The third-order valence-corrected chi connectivity index (χ3v) is 3.31. The van der Waals surface area contributed by atoms with E-state index in [1.54, 1.807) is 0 Å². The fourth-order valence-corrected chi connectivity index (χ4v) is 2.47. The number of nitrogens with zero attached hydrogens (tertiary/aromatic N) is 1. The number of hydrogen-bond acceptors (Lipinski definition) is 2. The molecule has 2 heteroatoms. The predicted octanol–water partition coefficient (Wildman–Crippen LogP) is 2.79. The van der Waals surface area contributed by atoms with Gasteiger partial charge in [0.25, 0.3) is 0 Å². The Labute approximate surface area is 98.7 Å². The smallest absolute Gasteiger partial charge is 0.0411 e. The minimum absolute atomic E-state index is 0.965. The van der Waals surface area contributed by atoms with Gasteiger partial charge >= 0.3 is 0 Å². The Morgan fingerprint density at radius 3 is 2.44 bits per heavy atom. The Morgan fingerprint density at radius 2 is 1.75 bits per heavy atom. The molecule has 0 radical (unpaired) electrons. The van der Waals surface area contributed by atoms with Crippen LogP contribution in [0.5, 0.6) is 0 Å². The first-order valence-electron chi connectivity index (χ1n) is 6.39. The molecule has 0 amide bonds. The van der Waals surface area contributed by atoms with E-state index in [1.807, 2.05) is 7.05 Å². The number of hydrogen-bond donors (Lipinski definition) is 1. The van der Waals surface area contributed by atoms with Gasteiger partial charge in [-0.3, -0.25) is 0 Å².